The van der Waals surface area contributed by atoms with E-state index in [0.717, 1.165) is 25.3 Å². The number of piperidine rings is 1. The summed E-state index contributed by atoms with van der Waals surface area (Å²) in [5, 5.41) is 0. The van der Waals surface area contributed by atoms with Crippen LogP contribution in [0.15, 0.2) is 18.2 Å². The van der Waals surface area contributed by atoms with Crippen LogP contribution >= 0.6 is 0 Å². The summed E-state index contributed by atoms with van der Waals surface area (Å²) in [7, 11) is 1.78. The minimum Gasteiger partial charge on any atom is -0.336 e. The van der Waals surface area contributed by atoms with E-state index in [0.29, 0.717) is 5.56 Å². The molecule has 2 atom stereocenters. The lowest BCUT2D eigenvalue weighted by Gasteiger charge is -2.39. The Bertz CT molecular complexity index is 525. The third-order valence-electron chi connectivity index (χ3n) is 4.34. The highest BCUT2D eigenvalue weighted by Crippen LogP contribution is 2.22. The number of hydrogen-bond donors (Lipinski definition) is 0. The maximum absolute atomic E-state index is 13.7. The van der Waals surface area contributed by atoms with Gasteiger partial charge in [0.05, 0.1) is 6.54 Å². The Labute approximate surface area is 130 Å². The Kier molecular flexibility index (Phi) is 5.51. The zero-order valence-corrected chi connectivity index (χ0v) is 13.5. The zero-order valence-electron chi connectivity index (χ0n) is 13.5. The lowest BCUT2D eigenvalue weighted by atomic mass is 9.97. The molecule has 0 aliphatic carbocycles. The Balaban J connectivity index is 1.96. The molecule has 22 heavy (non-hydrogen) atoms. The first kappa shape index (κ1) is 16.9. The van der Waals surface area contributed by atoms with Crippen LogP contribution in [-0.4, -0.2) is 41.4 Å². The van der Waals surface area contributed by atoms with Gasteiger partial charge in [0.25, 0.3) is 0 Å². The first-order chi connectivity index (χ1) is 10.4. The van der Waals surface area contributed by atoms with E-state index in [4.69, 9.17) is 0 Å². The van der Waals surface area contributed by atoms with Gasteiger partial charge in [0.15, 0.2) is 0 Å². The van der Waals surface area contributed by atoms with Crippen LogP contribution in [-0.2, 0) is 11.3 Å². The second-order valence-electron chi connectivity index (χ2n) is 6.34. The molecule has 0 N–H and O–H groups in total. The lowest BCUT2D eigenvalue weighted by molar-refractivity contribution is -0.138. The molecule has 0 saturated carbocycles. The molecule has 1 aliphatic heterocycles. The minimum atomic E-state index is -0.587. The molecule has 0 radical (unpaired) electrons. The molecule has 1 amide bonds. The fourth-order valence-corrected chi connectivity index (χ4v) is 3.22. The largest absolute Gasteiger partial charge is 0.336 e. The number of carbonyl (C=O) groups is 1. The van der Waals surface area contributed by atoms with Crippen molar-refractivity contribution in [3.8, 4) is 0 Å². The second kappa shape index (κ2) is 7.18. The van der Waals surface area contributed by atoms with Crippen molar-refractivity contribution in [3.63, 3.8) is 0 Å². The highest BCUT2D eigenvalue weighted by molar-refractivity contribution is 5.79. The van der Waals surface area contributed by atoms with Gasteiger partial charge in [-0.05, 0) is 46.2 Å². The molecule has 5 heteroatoms. The van der Waals surface area contributed by atoms with Crippen molar-refractivity contribution in [1.82, 2.24) is 9.80 Å². The quantitative estimate of drug-likeness (QED) is 0.853. The van der Waals surface area contributed by atoms with Crippen LogP contribution in [0.4, 0.5) is 8.78 Å². The zero-order chi connectivity index (χ0) is 16.3. The summed E-state index contributed by atoms with van der Waals surface area (Å²) in [6.07, 6.45) is 3.22. The molecule has 1 fully saturated rings. The average Bonchev–Trinajstić information content (AvgIpc) is 2.41. The maximum Gasteiger partial charge on any atom is 0.237 e. The number of likely N-dealkylation sites (tertiary alicyclic amines) is 1. The second-order valence-corrected chi connectivity index (χ2v) is 6.34. The Hall–Kier alpha value is -1.49. The normalized spacial score (nSPS) is 22.2. The third-order valence-corrected chi connectivity index (χ3v) is 4.34. The van der Waals surface area contributed by atoms with Crippen LogP contribution in [0.2, 0.25) is 0 Å². The van der Waals surface area contributed by atoms with E-state index in [2.05, 4.69) is 13.8 Å². The molecular weight excluding hydrogens is 286 g/mol. The van der Waals surface area contributed by atoms with Crippen LogP contribution in [0.1, 0.15) is 38.7 Å². The van der Waals surface area contributed by atoms with Crippen molar-refractivity contribution in [2.45, 2.75) is 51.7 Å². The summed E-state index contributed by atoms with van der Waals surface area (Å²) < 4.78 is 26.6. The van der Waals surface area contributed by atoms with Crippen LogP contribution in [0, 0.1) is 11.6 Å². The van der Waals surface area contributed by atoms with Crippen LogP contribution in [0.25, 0.3) is 0 Å². The van der Waals surface area contributed by atoms with Crippen molar-refractivity contribution in [3.05, 3.63) is 35.4 Å². The van der Waals surface area contributed by atoms with E-state index in [-0.39, 0.29) is 31.1 Å². The molecule has 2 unspecified atom stereocenters. The van der Waals surface area contributed by atoms with Crippen LogP contribution in [0.5, 0.6) is 0 Å². The van der Waals surface area contributed by atoms with Crippen molar-refractivity contribution in [2.24, 2.45) is 0 Å². The topological polar surface area (TPSA) is 23.6 Å². The van der Waals surface area contributed by atoms with E-state index in [1.807, 2.05) is 4.90 Å². The summed E-state index contributed by atoms with van der Waals surface area (Å²) in [5.74, 6) is -1.08. The Morgan fingerprint density at radius 1 is 1.27 bits per heavy atom. The first-order valence-corrected chi connectivity index (χ1v) is 7.82. The smallest absolute Gasteiger partial charge is 0.237 e. The summed E-state index contributed by atoms with van der Waals surface area (Å²) in [6, 6.07) is 4.06. The number of amides is 1. The van der Waals surface area contributed by atoms with Gasteiger partial charge in [-0.15, -0.1) is 0 Å². The van der Waals surface area contributed by atoms with Gasteiger partial charge < -0.3 is 4.90 Å². The van der Waals surface area contributed by atoms with E-state index in [9.17, 15) is 13.6 Å². The average molecular weight is 310 g/mol. The lowest BCUT2D eigenvalue weighted by Crippen LogP contribution is -2.50. The van der Waals surface area contributed by atoms with Gasteiger partial charge in [-0.2, -0.15) is 0 Å². The number of halogens is 2. The van der Waals surface area contributed by atoms with Crippen LogP contribution in [0.3, 0.4) is 0 Å². The van der Waals surface area contributed by atoms with Gasteiger partial charge in [0.1, 0.15) is 11.6 Å². The van der Waals surface area contributed by atoms with Crippen molar-refractivity contribution >= 4 is 5.91 Å². The van der Waals surface area contributed by atoms with Crippen molar-refractivity contribution in [1.29, 1.82) is 0 Å². The van der Waals surface area contributed by atoms with Gasteiger partial charge in [-0.3, -0.25) is 9.69 Å². The SMILES string of the molecule is CC1CCCC(C)N1C(=O)CN(C)Cc1ccc(F)cc1F. The van der Waals surface area contributed by atoms with Crippen molar-refractivity contribution in [2.75, 3.05) is 13.6 Å². The molecule has 0 aromatic heterocycles. The van der Waals surface area contributed by atoms with E-state index >= 15 is 0 Å². The molecule has 3 nitrogen and oxygen atoms in total. The number of rotatable bonds is 4. The van der Waals surface area contributed by atoms with Gasteiger partial charge in [0, 0.05) is 30.3 Å². The summed E-state index contributed by atoms with van der Waals surface area (Å²) in [6.45, 7) is 4.68. The molecule has 0 spiro atoms. The third kappa shape index (κ3) is 4.03. The molecule has 1 aromatic rings. The van der Waals surface area contributed by atoms with E-state index in [1.165, 1.54) is 12.1 Å². The first-order valence-electron chi connectivity index (χ1n) is 7.82. The molecule has 1 aromatic carbocycles. The van der Waals surface area contributed by atoms with Crippen molar-refractivity contribution < 1.29 is 13.6 Å². The van der Waals surface area contributed by atoms with Gasteiger partial charge in [-0.25, -0.2) is 8.78 Å². The molecule has 1 heterocycles. The number of likely N-dealkylation sites (N-methyl/N-ethyl adjacent to an activating group) is 1. The predicted octanol–water partition coefficient (Wildman–Crippen LogP) is 3.19. The number of nitrogens with zero attached hydrogens (tertiary/aromatic N) is 2. The molecule has 1 saturated heterocycles. The number of hydrogen-bond acceptors (Lipinski definition) is 2. The highest BCUT2D eigenvalue weighted by atomic mass is 19.1. The predicted molar refractivity (Wildman–Crippen MR) is 82.3 cm³/mol. The van der Waals surface area contributed by atoms with Gasteiger partial charge in [0.2, 0.25) is 5.91 Å². The summed E-state index contributed by atoms with van der Waals surface area (Å²) >= 11 is 0. The van der Waals surface area contributed by atoms with E-state index < -0.39 is 11.6 Å². The minimum absolute atomic E-state index is 0.0738. The van der Waals surface area contributed by atoms with Gasteiger partial charge in [-0.1, -0.05) is 6.07 Å². The highest BCUT2D eigenvalue weighted by Gasteiger charge is 2.29. The monoisotopic (exact) mass is 310 g/mol. The molecular formula is C17H24F2N2O. The summed E-state index contributed by atoms with van der Waals surface area (Å²) in [5.41, 5.74) is 0.399. The molecule has 1 aliphatic rings. The Morgan fingerprint density at radius 3 is 2.50 bits per heavy atom. The molecule has 122 valence electrons. The van der Waals surface area contributed by atoms with Crippen LogP contribution < -0.4 is 0 Å². The molecule has 2 rings (SSSR count). The van der Waals surface area contributed by atoms with Gasteiger partial charge >= 0.3 is 0 Å². The summed E-state index contributed by atoms with van der Waals surface area (Å²) in [4.78, 5) is 16.2. The maximum atomic E-state index is 13.7. The fourth-order valence-electron chi connectivity index (χ4n) is 3.22. The standard InChI is InChI=1S/C17H24F2N2O/c1-12-5-4-6-13(2)21(12)17(22)11-20(3)10-14-7-8-15(18)9-16(14)19/h7-9,12-13H,4-6,10-11H2,1-3H3. The number of carbonyl (C=O) groups excluding carboxylic acids is 1. The fraction of sp³-hybridized carbons (Fsp3) is 0.588. The number of benzene rings is 1. The van der Waals surface area contributed by atoms with E-state index in [1.54, 1.807) is 11.9 Å². The molecule has 0 bridgehead atoms. The Morgan fingerprint density at radius 2 is 1.91 bits per heavy atom.